The standard InChI is InChI=1S/C22H31N3O5/c1-15(26)23-20(21(28)29)22(30)13-25(14-22)19(27)10-4-2-3-8-17-12-11-16-7-5-6-9-18(16)24-17/h11-12,20,30H,2-10,13-14H2,1H3,(H,23,26)(H,28,29). The second-order valence-corrected chi connectivity index (χ2v) is 8.50. The number of aromatic nitrogens is 1. The number of carbonyl (C=O) groups excluding carboxylic acids is 2. The number of likely N-dealkylation sites (tertiary alicyclic amines) is 1. The van der Waals surface area contributed by atoms with Crippen LogP contribution in [0.4, 0.5) is 0 Å². The van der Waals surface area contributed by atoms with Crippen LogP contribution in [0, 0.1) is 0 Å². The third-order valence-corrected chi connectivity index (χ3v) is 5.97. The van der Waals surface area contributed by atoms with Gasteiger partial charge in [-0.15, -0.1) is 0 Å². The molecule has 2 aliphatic rings. The molecule has 0 bridgehead atoms. The summed E-state index contributed by atoms with van der Waals surface area (Å²) in [6, 6.07) is 2.91. The highest BCUT2D eigenvalue weighted by atomic mass is 16.4. The average molecular weight is 418 g/mol. The summed E-state index contributed by atoms with van der Waals surface area (Å²) in [5.74, 6) is -1.94. The number of carboxylic acids is 1. The summed E-state index contributed by atoms with van der Waals surface area (Å²) in [6.07, 6.45) is 8.56. The SMILES string of the molecule is CC(=O)NC(C(=O)O)C1(O)CN(C(=O)CCCCCc2ccc3c(n2)CCCC3)C1. The summed E-state index contributed by atoms with van der Waals surface area (Å²) in [4.78, 5) is 41.0. The first-order valence-corrected chi connectivity index (χ1v) is 10.8. The molecule has 8 heteroatoms. The Hall–Kier alpha value is -2.48. The van der Waals surface area contributed by atoms with E-state index in [9.17, 15) is 24.6 Å². The molecule has 1 unspecified atom stereocenters. The molecule has 1 aromatic rings. The molecular weight excluding hydrogens is 386 g/mol. The molecule has 0 spiro atoms. The van der Waals surface area contributed by atoms with Gasteiger partial charge in [-0.05, 0) is 56.6 Å². The van der Waals surface area contributed by atoms with Crippen molar-refractivity contribution in [1.29, 1.82) is 0 Å². The fraction of sp³-hybridized carbons (Fsp3) is 0.636. The van der Waals surface area contributed by atoms with Crippen LogP contribution >= 0.6 is 0 Å². The smallest absolute Gasteiger partial charge is 0.329 e. The van der Waals surface area contributed by atoms with E-state index in [1.54, 1.807) is 0 Å². The topological polar surface area (TPSA) is 120 Å². The van der Waals surface area contributed by atoms with E-state index in [4.69, 9.17) is 4.98 Å². The van der Waals surface area contributed by atoms with Crippen molar-refractivity contribution in [2.24, 2.45) is 0 Å². The maximum atomic E-state index is 12.3. The number of aryl methyl sites for hydroxylation is 3. The summed E-state index contributed by atoms with van der Waals surface area (Å²) in [6.45, 7) is 1.03. The van der Waals surface area contributed by atoms with Gasteiger partial charge in [0.15, 0.2) is 6.04 Å². The first-order valence-electron chi connectivity index (χ1n) is 10.8. The molecule has 1 aliphatic carbocycles. The largest absolute Gasteiger partial charge is 0.480 e. The fourth-order valence-electron chi connectivity index (χ4n) is 4.29. The van der Waals surface area contributed by atoms with Crippen molar-refractivity contribution >= 4 is 17.8 Å². The average Bonchev–Trinajstić information content (AvgIpc) is 2.68. The lowest BCUT2D eigenvalue weighted by atomic mass is 9.85. The number of fused-ring (bicyclic) bond motifs is 1. The van der Waals surface area contributed by atoms with Crippen molar-refractivity contribution in [3.63, 3.8) is 0 Å². The Labute approximate surface area is 176 Å². The van der Waals surface area contributed by atoms with Gasteiger partial charge >= 0.3 is 5.97 Å². The van der Waals surface area contributed by atoms with Crippen LogP contribution in [-0.4, -0.2) is 62.6 Å². The monoisotopic (exact) mass is 417 g/mol. The molecule has 2 heterocycles. The van der Waals surface area contributed by atoms with Crippen LogP contribution in [0.1, 0.15) is 62.4 Å². The fourth-order valence-corrected chi connectivity index (χ4v) is 4.29. The normalized spacial score (nSPS) is 18.1. The molecule has 30 heavy (non-hydrogen) atoms. The molecule has 1 aliphatic heterocycles. The number of nitrogens with zero attached hydrogens (tertiary/aromatic N) is 2. The van der Waals surface area contributed by atoms with Gasteiger partial charge in [0.25, 0.3) is 0 Å². The number of rotatable bonds is 9. The Morgan fingerprint density at radius 3 is 2.60 bits per heavy atom. The molecule has 2 amide bonds. The van der Waals surface area contributed by atoms with Crippen molar-refractivity contribution in [1.82, 2.24) is 15.2 Å². The molecule has 3 rings (SSSR count). The molecule has 0 saturated carbocycles. The molecular formula is C22H31N3O5. The van der Waals surface area contributed by atoms with Crippen LogP contribution in [0.25, 0.3) is 0 Å². The molecule has 8 nitrogen and oxygen atoms in total. The third kappa shape index (κ3) is 5.36. The van der Waals surface area contributed by atoms with Crippen molar-refractivity contribution in [2.45, 2.75) is 76.4 Å². The number of unbranched alkanes of at least 4 members (excludes halogenated alkanes) is 2. The van der Waals surface area contributed by atoms with Gasteiger partial charge in [-0.3, -0.25) is 14.6 Å². The van der Waals surface area contributed by atoms with Crippen LogP contribution in [0.15, 0.2) is 12.1 Å². The maximum Gasteiger partial charge on any atom is 0.329 e. The second kappa shape index (κ2) is 9.55. The van der Waals surface area contributed by atoms with E-state index in [1.807, 2.05) is 0 Å². The Morgan fingerprint density at radius 1 is 1.17 bits per heavy atom. The van der Waals surface area contributed by atoms with E-state index >= 15 is 0 Å². The van der Waals surface area contributed by atoms with E-state index in [2.05, 4.69) is 17.4 Å². The quantitative estimate of drug-likeness (QED) is 0.520. The number of aliphatic carboxylic acids is 1. The highest BCUT2D eigenvalue weighted by Crippen LogP contribution is 2.26. The highest BCUT2D eigenvalue weighted by Gasteiger charge is 2.52. The first kappa shape index (κ1) is 22.2. The van der Waals surface area contributed by atoms with Gasteiger partial charge in [0.2, 0.25) is 11.8 Å². The minimum Gasteiger partial charge on any atom is -0.480 e. The number of hydrogen-bond donors (Lipinski definition) is 3. The van der Waals surface area contributed by atoms with Gasteiger partial charge in [-0.1, -0.05) is 12.5 Å². The third-order valence-electron chi connectivity index (χ3n) is 5.97. The van der Waals surface area contributed by atoms with E-state index in [-0.39, 0.29) is 19.0 Å². The van der Waals surface area contributed by atoms with Gasteiger partial charge < -0.3 is 20.4 Å². The van der Waals surface area contributed by atoms with Crippen molar-refractivity contribution < 1.29 is 24.6 Å². The predicted octanol–water partition coefficient (Wildman–Crippen LogP) is 1.23. The van der Waals surface area contributed by atoms with Gasteiger partial charge in [0.05, 0.1) is 13.1 Å². The Kier molecular flexibility index (Phi) is 7.07. The summed E-state index contributed by atoms with van der Waals surface area (Å²) >= 11 is 0. The second-order valence-electron chi connectivity index (χ2n) is 8.50. The zero-order valence-electron chi connectivity index (χ0n) is 17.5. The zero-order valence-corrected chi connectivity index (χ0v) is 17.5. The molecule has 1 atom stereocenters. The minimum atomic E-state index is -1.62. The van der Waals surface area contributed by atoms with Gasteiger partial charge in [0, 0.05) is 24.7 Å². The van der Waals surface area contributed by atoms with E-state index in [0.717, 1.165) is 44.2 Å². The summed E-state index contributed by atoms with van der Waals surface area (Å²) in [5, 5.41) is 21.9. The van der Waals surface area contributed by atoms with Gasteiger partial charge in [-0.2, -0.15) is 0 Å². The van der Waals surface area contributed by atoms with E-state index < -0.39 is 23.5 Å². The summed E-state index contributed by atoms with van der Waals surface area (Å²) in [5.41, 5.74) is 2.13. The Balaban J connectivity index is 1.36. The highest BCUT2D eigenvalue weighted by molar-refractivity contribution is 5.84. The van der Waals surface area contributed by atoms with Crippen LogP contribution in [-0.2, 0) is 33.6 Å². The lowest BCUT2D eigenvalue weighted by Gasteiger charge is -2.49. The van der Waals surface area contributed by atoms with Crippen molar-refractivity contribution in [2.75, 3.05) is 13.1 Å². The zero-order chi connectivity index (χ0) is 21.7. The first-order chi connectivity index (χ1) is 14.3. The number of pyridine rings is 1. The summed E-state index contributed by atoms with van der Waals surface area (Å²) < 4.78 is 0. The predicted molar refractivity (Wildman–Crippen MR) is 110 cm³/mol. The number of carbonyl (C=O) groups is 3. The Bertz CT molecular complexity index is 804. The maximum absolute atomic E-state index is 12.3. The number of β-amino-alcohol motifs (C(OH)–C–C–N with tert-alkyl or cyclic N) is 1. The molecule has 1 fully saturated rings. The number of aliphatic hydroxyl groups is 1. The molecule has 1 saturated heterocycles. The molecule has 0 aromatic carbocycles. The number of amides is 2. The molecule has 164 valence electrons. The van der Waals surface area contributed by atoms with E-state index in [1.165, 1.54) is 35.9 Å². The van der Waals surface area contributed by atoms with Crippen molar-refractivity contribution in [3.05, 3.63) is 29.1 Å². The molecule has 3 N–H and O–H groups in total. The van der Waals surface area contributed by atoms with Gasteiger partial charge in [0.1, 0.15) is 5.60 Å². The lowest BCUT2D eigenvalue weighted by Crippen LogP contribution is -2.73. The number of hydrogen-bond acceptors (Lipinski definition) is 5. The lowest BCUT2D eigenvalue weighted by molar-refractivity contribution is -0.174. The number of carboxylic acid groups (broad SMARTS) is 1. The summed E-state index contributed by atoms with van der Waals surface area (Å²) in [7, 11) is 0. The number of nitrogens with one attached hydrogen (secondary N) is 1. The molecule has 1 aromatic heterocycles. The van der Waals surface area contributed by atoms with Crippen LogP contribution in [0.3, 0.4) is 0 Å². The van der Waals surface area contributed by atoms with E-state index in [0.29, 0.717) is 6.42 Å². The van der Waals surface area contributed by atoms with Gasteiger partial charge in [-0.25, -0.2) is 4.79 Å². The van der Waals surface area contributed by atoms with Crippen LogP contribution in [0.5, 0.6) is 0 Å². The minimum absolute atomic E-state index is 0.0812. The molecule has 0 radical (unpaired) electrons. The van der Waals surface area contributed by atoms with Crippen LogP contribution in [0.2, 0.25) is 0 Å². The van der Waals surface area contributed by atoms with Crippen LogP contribution < -0.4 is 5.32 Å². The Morgan fingerprint density at radius 2 is 1.90 bits per heavy atom. The van der Waals surface area contributed by atoms with Crippen molar-refractivity contribution in [3.8, 4) is 0 Å².